The largest absolute Gasteiger partial charge is 0.384 e. The van der Waals surface area contributed by atoms with Gasteiger partial charge in [0.05, 0.1) is 6.10 Å². The fraction of sp³-hybridized carbons (Fsp3) is 0.200. The number of hydrogen-bond donors (Lipinski definition) is 1. The molecule has 0 aliphatic heterocycles. The van der Waals surface area contributed by atoms with E-state index < -0.39 is 6.10 Å². The summed E-state index contributed by atoms with van der Waals surface area (Å²) in [5.74, 6) is 0. The molecule has 0 radical (unpaired) electrons. The Morgan fingerprint density at radius 3 is 2.15 bits per heavy atom. The topological polar surface area (TPSA) is 20.2 Å². The van der Waals surface area contributed by atoms with Gasteiger partial charge in [-0.1, -0.05) is 29.8 Å². The van der Waals surface area contributed by atoms with Gasteiger partial charge in [-0.25, -0.2) is 0 Å². The lowest BCUT2D eigenvalue weighted by molar-refractivity contribution is 0.216. The normalized spacial score (nSPS) is 12.6. The van der Waals surface area contributed by atoms with Gasteiger partial charge >= 0.3 is 0 Å². The first-order chi connectivity index (χ1) is 6.00. The summed E-state index contributed by atoms with van der Waals surface area (Å²) in [4.78, 5) is 0. The van der Waals surface area contributed by atoms with Crippen LogP contribution in [0.15, 0.2) is 30.4 Å². The number of halogens is 2. The Kier molecular flexibility index (Phi) is 3.37. The molecule has 0 aromatic heterocycles. The zero-order valence-corrected chi connectivity index (χ0v) is 8.73. The molecule has 3 heteroatoms. The number of benzene rings is 1. The molecule has 1 N–H and O–H groups in total. The molecule has 0 fully saturated rings. The predicted octanol–water partition coefficient (Wildman–Crippen LogP) is 3.60. The highest BCUT2D eigenvalue weighted by molar-refractivity contribution is 6.34. The minimum Gasteiger partial charge on any atom is -0.384 e. The molecule has 1 aromatic rings. The van der Waals surface area contributed by atoms with E-state index >= 15 is 0 Å². The Bertz CT molecular complexity index is 313. The quantitative estimate of drug-likeness (QED) is 0.750. The van der Waals surface area contributed by atoms with Crippen LogP contribution in [0, 0.1) is 0 Å². The van der Waals surface area contributed by atoms with Crippen molar-refractivity contribution in [1.82, 2.24) is 0 Å². The number of aliphatic hydroxyl groups is 1. The zero-order valence-electron chi connectivity index (χ0n) is 7.22. The van der Waals surface area contributed by atoms with Crippen molar-refractivity contribution in [3.63, 3.8) is 0 Å². The Morgan fingerprint density at radius 1 is 1.31 bits per heavy atom. The first-order valence-corrected chi connectivity index (χ1v) is 4.56. The molecule has 0 amide bonds. The summed E-state index contributed by atoms with van der Waals surface area (Å²) >= 11 is 11.5. The average Bonchev–Trinajstić information content (AvgIpc) is 2.01. The van der Waals surface area contributed by atoms with Crippen LogP contribution in [0.5, 0.6) is 0 Å². The minimum atomic E-state index is -0.698. The second-order valence-corrected chi connectivity index (χ2v) is 3.82. The molecule has 0 saturated carbocycles. The van der Waals surface area contributed by atoms with Gasteiger partial charge in [0.25, 0.3) is 0 Å². The van der Waals surface area contributed by atoms with Crippen LogP contribution in [0.1, 0.15) is 18.6 Å². The van der Waals surface area contributed by atoms with Gasteiger partial charge in [-0.2, -0.15) is 0 Å². The van der Waals surface area contributed by atoms with Crippen molar-refractivity contribution in [2.24, 2.45) is 0 Å². The first kappa shape index (κ1) is 10.6. The summed E-state index contributed by atoms with van der Waals surface area (Å²) in [6, 6.07) is 4.97. The molecule has 0 bridgehead atoms. The molecule has 0 aliphatic carbocycles. The van der Waals surface area contributed by atoms with Gasteiger partial charge in [0.2, 0.25) is 0 Å². The van der Waals surface area contributed by atoms with E-state index in [-0.39, 0.29) is 0 Å². The predicted molar refractivity (Wildman–Crippen MR) is 56.2 cm³/mol. The lowest BCUT2D eigenvalue weighted by Crippen LogP contribution is -1.97. The van der Waals surface area contributed by atoms with Crippen molar-refractivity contribution in [3.8, 4) is 0 Å². The summed E-state index contributed by atoms with van der Waals surface area (Å²) in [7, 11) is 0. The molecule has 0 saturated heterocycles. The first-order valence-electron chi connectivity index (χ1n) is 3.80. The summed E-state index contributed by atoms with van der Waals surface area (Å²) < 4.78 is 0. The lowest BCUT2D eigenvalue weighted by Gasteiger charge is -2.10. The summed E-state index contributed by atoms with van der Waals surface area (Å²) in [5, 5.41) is 10.7. The standard InChI is InChI=1S/C10H10Cl2O/c1-6(2)10(13)7-3-8(11)5-9(12)4-7/h3-5,10,13H,1H2,2H3. The van der Waals surface area contributed by atoms with Crippen LogP contribution in [-0.2, 0) is 0 Å². The Labute approximate surface area is 87.6 Å². The zero-order chi connectivity index (χ0) is 10.0. The van der Waals surface area contributed by atoms with E-state index in [0.29, 0.717) is 21.2 Å². The van der Waals surface area contributed by atoms with Crippen molar-refractivity contribution in [3.05, 3.63) is 46.0 Å². The van der Waals surface area contributed by atoms with Gasteiger partial charge in [-0.05, 0) is 36.3 Å². The van der Waals surface area contributed by atoms with Crippen LogP contribution in [-0.4, -0.2) is 5.11 Å². The number of rotatable bonds is 2. The highest BCUT2D eigenvalue weighted by atomic mass is 35.5. The number of aliphatic hydroxyl groups excluding tert-OH is 1. The lowest BCUT2D eigenvalue weighted by atomic mass is 10.0. The highest BCUT2D eigenvalue weighted by Crippen LogP contribution is 2.26. The van der Waals surface area contributed by atoms with Gasteiger partial charge in [-0.3, -0.25) is 0 Å². The van der Waals surface area contributed by atoms with Crippen LogP contribution in [0.2, 0.25) is 10.0 Å². The fourth-order valence-corrected chi connectivity index (χ4v) is 1.56. The maximum Gasteiger partial charge on any atom is 0.0996 e. The van der Waals surface area contributed by atoms with Crippen molar-refractivity contribution in [1.29, 1.82) is 0 Å². The molecule has 1 atom stereocenters. The van der Waals surface area contributed by atoms with Gasteiger partial charge in [0, 0.05) is 10.0 Å². The van der Waals surface area contributed by atoms with Crippen LogP contribution >= 0.6 is 23.2 Å². The summed E-state index contributed by atoms with van der Waals surface area (Å²) in [5.41, 5.74) is 1.34. The minimum absolute atomic E-state index is 0.516. The van der Waals surface area contributed by atoms with E-state index in [4.69, 9.17) is 23.2 Å². The van der Waals surface area contributed by atoms with Crippen molar-refractivity contribution >= 4 is 23.2 Å². The van der Waals surface area contributed by atoms with Gasteiger partial charge in [0.15, 0.2) is 0 Å². The third kappa shape index (κ3) is 2.73. The SMILES string of the molecule is C=C(C)C(O)c1cc(Cl)cc(Cl)c1. The van der Waals surface area contributed by atoms with Gasteiger partial charge < -0.3 is 5.11 Å². The molecule has 0 spiro atoms. The Morgan fingerprint density at radius 2 is 1.77 bits per heavy atom. The fourth-order valence-electron chi connectivity index (χ4n) is 1.02. The molecular formula is C10H10Cl2O. The van der Waals surface area contributed by atoms with Gasteiger partial charge in [0.1, 0.15) is 0 Å². The number of hydrogen-bond acceptors (Lipinski definition) is 1. The Balaban J connectivity index is 3.07. The van der Waals surface area contributed by atoms with E-state index in [1.165, 1.54) is 0 Å². The van der Waals surface area contributed by atoms with E-state index in [1.54, 1.807) is 25.1 Å². The van der Waals surface area contributed by atoms with Crippen molar-refractivity contribution in [2.45, 2.75) is 13.0 Å². The second-order valence-electron chi connectivity index (χ2n) is 2.95. The molecule has 1 rings (SSSR count). The third-order valence-corrected chi connectivity index (χ3v) is 2.10. The maximum absolute atomic E-state index is 9.63. The molecule has 1 unspecified atom stereocenters. The van der Waals surface area contributed by atoms with E-state index in [2.05, 4.69) is 6.58 Å². The van der Waals surface area contributed by atoms with E-state index in [9.17, 15) is 5.11 Å². The van der Waals surface area contributed by atoms with Crippen molar-refractivity contribution in [2.75, 3.05) is 0 Å². The monoisotopic (exact) mass is 216 g/mol. The van der Waals surface area contributed by atoms with Crippen LogP contribution in [0.4, 0.5) is 0 Å². The summed E-state index contributed by atoms with van der Waals surface area (Å²) in [6.07, 6.45) is -0.698. The molecule has 0 heterocycles. The molecule has 70 valence electrons. The van der Waals surface area contributed by atoms with Gasteiger partial charge in [-0.15, -0.1) is 0 Å². The highest BCUT2D eigenvalue weighted by Gasteiger charge is 2.09. The summed E-state index contributed by atoms with van der Waals surface area (Å²) in [6.45, 7) is 5.40. The Hall–Kier alpha value is -0.500. The average molecular weight is 217 g/mol. The third-order valence-electron chi connectivity index (χ3n) is 1.67. The maximum atomic E-state index is 9.63. The molecule has 13 heavy (non-hydrogen) atoms. The van der Waals surface area contributed by atoms with Crippen LogP contribution in [0.3, 0.4) is 0 Å². The second kappa shape index (κ2) is 4.14. The molecule has 1 nitrogen and oxygen atoms in total. The van der Waals surface area contributed by atoms with E-state index in [1.807, 2.05) is 0 Å². The smallest absolute Gasteiger partial charge is 0.0996 e. The van der Waals surface area contributed by atoms with Crippen LogP contribution < -0.4 is 0 Å². The molecule has 1 aromatic carbocycles. The molecular weight excluding hydrogens is 207 g/mol. The van der Waals surface area contributed by atoms with Crippen molar-refractivity contribution < 1.29 is 5.11 Å². The van der Waals surface area contributed by atoms with E-state index in [0.717, 1.165) is 0 Å². The molecule has 0 aliphatic rings. The van der Waals surface area contributed by atoms with Crippen LogP contribution in [0.25, 0.3) is 0 Å².